The summed E-state index contributed by atoms with van der Waals surface area (Å²) in [7, 11) is 0. The van der Waals surface area contributed by atoms with Crippen LogP contribution < -0.4 is 5.73 Å². The third-order valence-electron chi connectivity index (χ3n) is 2.28. The van der Waals surface area contributed by atoms with Gasteiger partial charge in [-0.2, -0.15) is 5.10 Å². The summed E-state index contributed by atoms with van der Waals surface area (Å²) < 4.78 is 1.95. The van der Waals surface area contributed by atoms with Gasteiger partial charge in [0.15, 0.2) is 5.82 Å². The molecule has 0 bridgehead atoms. The molecule has 4 heteroatoms. The van der Waals surface area contributed by atoms with Gasteiger partial charge in [0.25, 0.3) is 0 Å². The van der Waals surface area contributed by atoms with Crippen molar-refractivity contribution < 1.29 is 0 Å². The molecule has 0 amide bonds. The SMILES string of the molecule is CCc1nc2n(n1)CCC[C@@H]2N. The summed E-state index contributed by atoms with van der Waals surface area (Å²) >= 11 is 0. The Morgan fingerprint density at radius 3 is 3.17 bits per heavy atom. The van der Waals surface area contributed by atoms with E-state index in [1.54, 1.807) is 0 Å². The smallest absolute Gasteiger partial charge is 0.150 e. The predicted octanol–water partition coefficient (Wildman–Crippen LogP) is 0.634. The number of aryl methyl sites for hydroxylation is 2. The van der Waals surface area contributed by atoms with Crippen LogP contribution in [0.5, 0.6) is 0 Å². The molecule has 1 aliphatic rings. The van der Waals surface area contributed by atoms with Gasteiger partial charge in [-0.25, -0.2) is 9.67 Å². The zero-order valence-corrected chi connectivity index (χ0v) is 7.32. The molecule has 0 saturated carbocycles. The molecule has 66 valence electrons. The van der Waals surface area contributed by atoms with Crippen LogP contribution in [0, 0.1) is 0 Å². The van der Waals surface area contributed by atoms with Crippen LogP contribution in [0.4, 0.5) is 0 Å². The molecule has 1 atom stereocenters. The zero-order valence-electron chi connectivity index (χ0n) is 7.32. The quantitative estimate of drug-likeness (QED) is 0.666. The Morgan fingerprint density at radius 2 is 2.50 bits per heavy atom. The van der Waals surface area contributed by atoms with Crippen LogP contribution in [0.15, 0.2) is 0 Å². The Bertz CT molecular complexity index is 279. The van der Waals surface area contributed by atoms with E-state index in [-0.39, 0.29) is 6.04 Å². The van der Waals surface area contributed by atoms with Gasteiger partial charge in [-0.1, -0.05) is 6.92 Å². The van der Waals surface area contributed by atoms with Crippen molar-refractivity contribution >= 4 is 0 Å². The average molecular weight is 166 g/mol. The second-order valence-corrected chi connectivity index (χ2v) is 3.21. The molecule has 0 saturated heterocycles. The van der Waals surface area contributed by atoms with Gasteiger partial charge in [-0.3, -0.25) is 0 Å². The molecule has 4 nitrogen and oxygen atoms in total. The number of aromatic nitrogens is 3. The number of nitrogens with two attached hydrogens (primary N) is 1. The maximum absolute atomic E-state index is 5.89. The topological polar surface area (TPSA) is 56.7 Å². The molecule has 0 aliphatic carbocycles. The molecule has 0 unspecified atom stereocenters. The number of hydrogen-bond donors (Lipinski definition) is 1. The average Bonchev–Trinajstić information content (AvgIpc) is 2.49. The van der Waals surface area contributed by atoms with Crippen molar-refractivity contribution in [3.05, 3.63) is 11.6 Å². The van der Waals surface area contributed by atoms with Crippen LogP contribution in [0.1, 0.15) is 37.5 Å². The van der Waals surface area contributed by atoms with Gasteiger partial charge in [-0.15, -0.1) is 0 Å². The fourth-order valence-corrected chi connectivity index (χ4v) is 1.58. The highest BCUT2D eigenvalue weighted by molar-refractivity contribution is 5.00. The molecule has 1 aliphatic heterocycles. The normalized spacial score (nSPS) is 22.3. The van der Waals surface area contributed by atoms with E-state index in [9.17, 15) is 0 Å². The van der Waals surface area contributed by atoms with E-state index >= 15 is 0 Å². The standard InChI is InChI=1S/C8H14N4/c1-2-7-10-8-6(9)4-3-5-12(8)11-7/h6H,2-5,9H2,1H3/t6-/m0/s1. The van der Waals surface area contributed by atoms with E-state index in [2.05, 4.69) is 17.0 Å². The maximum atomic E-state index is 5.89. The first-order chi connectivity index (χ1) is 5.81. The van der Waals surface area contributed by atoms with Gasteiger partial charge in [0.2, 0.25) is 0 Å². The molecular formula is C8H14N4. The van der Waals surface area contributed by atoms with Crippen molar-refractivity contribution in [1.29, 1.82) is 0 Å². The summed E-state index contributed by atoms with van der Waals surface area (Å²) in [6, 6.07) is 0.103. The number of nitrogens with zero attached hydrogens (tertiary/aromatic N) is 3. The van der Waals surface area contributed by atoms with E-state index in [0.29, 0.717) is 0 Å². The fraction of sp³-hybridized carbons (Fsp3) is 0.750. The minimum Gasteiger partial charge on any atom is -0.321 e. The molecule has 2 N–H and O–H groups in total. The van der Waals surface area contributed by atoms with E-state index in [1.165, 1.54) is 0 Å². The van der Waals surface area contributed by atoms with Crippen molar-refractivity contribution in [2.45, 2.75) is 38.8 Å². The molecule has 0 spiro atoms. The lowest BCUT2D eigenvalue weighted by molar-refractivity contribution is 0.421. The van der Waals surface area contributed by atoms with Crippen molar-refractivity contribution in [2.24, 2.45) is 5.73 Å². The van der Waals surface area contributed by atoms with E-state index < -0.39 is 0 Å². The summed E-state index contributed by atoms with van der Waals surface area (Å²) in [5.74, 6) is 1.89. The van der Waals surface area contributed by atoms with Crippen LogP contribution in [-0.4, -0.2) is 14.8 Å². The lowest BCUT2D eigenvalue weighted by Gasteiger charge is -2.17. The molecule has 1 aromatic rings. The summed E-state index contributed by atoms with van der Waals surface area (Å²) in [6.45, 7) is 3.04. The minimum atomic E-state index is 0.103. The number of rotatable bonds is 1. The molecule has 0 fully saturated rings. The van der Waals surface area contributed by atoms with Crippen LogP contribution in [0.25, 0.3) is 0 Å². The Morgan fingerprint density at radius 1 is 1.67 bits per heavy atom. The highest BCUT2D eigenvalue weighted by atomic mass is 15.4. The summed E-state index contributed by atoms with van der Waals surface area (Å²) in [6.07, 6.45) is 3.06. The summed E-state index contributed by atoms with van der Waals surface area (Å²) in [5, 5.41) is 4.35. The Kier molecular flexibility index (Phi) is 1.84. The molecule has 1 aromatic heterocycles. The predicted molar refractivity (Wildman–Crippen MR) is 45.6 cm³/mol. The highest BCUT2D eigenvalue weighted by Gasteiger charge is 2.19. The molecule has 0 aromatic carbocycles. The first kappa shape index (κ1) is 7.73. The summed E-state index contributed by atoms with van der Waals surface area (Å²) in [4.78, 5) is 4.38. The molecular weight excluding hydrogens is 152 g/mol. The third-order valence-corrected chi connectivity index (χ3v) is 2.28. The van der Waals surface area contributed by atoms with Gasteiger partial charge in [-0.05, 0) is 12.8 Å². The first-order valence-electron chi connectivity index (χ1n) is 4.50. The van der Waals surface area contributed by atoms with Gasteiger partial charge >= 0.3 is 0 Å². The van der Waals surface area contributed by atoms with Crippen LogP contribution in [-0.2, 0) is 13.0 Å². The van der Waals surface area contributed by atoms with Gasteiger partial charge < -0.3 is 5.73 Å². The van der Waals surface area contributed by atoms with Gasteiger partial charge in [0, 0.05) is 13.0 Å². The number of fused-ring (bicyclic) bond motifs is 1. The number of hydrogen-bond acceptors (Lipinski definition) is 3. The second kappa shape index (κ2) is 2.86. The van der Waals surface area contributed by atoms with Crippen molar-refractivity contribution in [1.82, 2.24) is 14.8 Å². The van der Waals surface area contributed by atoms with Crippen LogP contribution in [0.2, 0.25) is 0 Å². The van der Waals surface area contributed by atoms with Gasteiger partial charge in [0.05, 0.1) is 6.04 Å². The zero-order chi connectivity index (χ0) is 8.55. The Balaban J connectivity index is 2.37. The maximum Gasteiger partial charge on any atom is 0.150 e. The van der Waals surface area contributed by atoms with Gasteiger partial charge in [0.1, 0.15) is 5.82 Å². The highest BCUT2D eigenvalue weighted by Crippen LogP contribution is 2.20. The van der Waals surface area contributed by atoms with E-state index in [0.717, 1.165) is 37.5 Å². The van der Waals surface area contributed by atoms with E-state index in [4.69, 9.17) is 5.73 Å². The first-order valence-corrected chi connectivity index (χ1v) is 4.50. The van der Waals surface area contributed by atoms with Crippen LogP contribution in [0.3, 0.4) is 0 Å². The lowest BCUT2D eigenvalue weighted by Crippen LogP contribution is -2.22. The summed E-state index contributed by atoms with van der Waals surface area (Å²) in [5.41, 5.74) is 5.89. The lowest BCUT2D eigenvalue weighted by atomic mass is 10.1. The van der Waals surface area contributed by atoms with Crippen molar-refractivity contribution in [2.75, 3.05) is 0 Å². The largest absolute Gasteiger partial charge is 0.321 e. The monoisotopic (exact) mass is 166 g/mol. The molecule has 2 heterocycles. The Labute approximate surface area is 71.8 Å². The molecule has 2 rings (SSSR count). The third kappa shape index (κ3) is 1.12. The van der Waals surface area contributed by atoms with Crippen LogP contribution >= 0.6 is 0 Å². The van der Waals surface area contributed by atoms with Crippen molar-refractivity contribution in [3.63, 3.8) is 0 Å². The molecule has 12 heavy (non-hydrogen) atoms. The minimum absolute atomic E-state index is 0.103. The second-order valence-electron chi connectivity index (χ2n) is 3.21. The van der Waals surface area contributed by atoms with E-state index in [1.807, 2.05) is 4.68 Å². The molecule has 0 radical (unpaired) electrons. The van der Waals surface area contributed by atoms with Crippen molar-refractivity contribution in [3.8, 4) is 0 Å². The Hall–Kier alpha value is -0.900. The fourth-order valence-electron chi connectivity index (χ4n) is 1.58.